The monoisotopic (exact) mass is 300 g/mol. The Balaban J connectivity index is 2.20. The van der Waals surface area contributed by atoms with E-state index in [1.165, 1.54) is 22.5 Å². The molecule has 2 rings (SSSR count). The van der Waals surface area contributed by atoms with Crippen molar-refractivity contribution < 1.29 is 13.3 Å². The van der Waals surface area contributed by atoms with Crippen molar-refractivity contribution in [1.29, 1.82) is 0 Å². The summed E-state index contributed by atoms with van der Waals surface area (Å²) in [6.07, 6.45) is 0. The molecule has 110 valence electrons. The summed E-state index contributed by atoms with van der Waals surface area (Å²) in [6.45, 7) is 3.54. The molecule has 0 amide bonds. The first-order valence-electron chi connectivity index (χ1n) is 6.14. The number of nitrogens with zero attached hydrogens (tertiary/aromatic N) is 2. The Kier molecular flexibility index (Phi) is 4.21. The summed E-state index contributed by atoms with van der Waals surface area (Å²) in [4.78, 5) is 10.3. The second-order valence-electron chi connectivity index (χ2n) is 4.51. The van der Waals surface area contributed by atoms with Crippen LogP contribution in [-0.4, -0.2) is 43.8 Å². The van der Waals surface area contributed by atoms with E-state index in [9.17, 15) is 18.5 Å². The first kappa shape index (κ1) is 14.7. The van der Waals surface area contributed by atoms with E-state index in [4.69, 9.17) is 0 Å². The van der Waals surface area contributed by atoms with E-state index in [0.29, 0.717) is 31.7 Å². The smallest absolute Gasteiger partial charge is 0.301 e. The van der Waals surface area contributed by atoms with Crippen LogP contribution in [0.3, 0.4) is 0 Å². The molecule has 20 heavy (non-hydrogen) atoms. The van der Waals surface area contributed by atoms with E-state index in [1.807, 2.05) is 0 Å². The average molecular weight is 300 g/mol. The van der Waals surface area contributed by atoms with Gasteiger partial charge in [-0.2, -0.15) is 12.7 Å². The molecule has 9 heteroatoms. The lowest BCUT2D eigenvalue weighted by Crippen LogP contribution is -2.48. The summed E-state index contributed by atoms with van der Waals surface area (Å²) in [6, 6.07) is 4.27. The molecule has 0 spiro atoms. The highest BCUT2D eigenvalue weighted by Gasteiger charge is 2.24. The lowest BCUT2D eigenvalue weighted by atomic mass is 10.2. The van der Waals surface area contributed by atoms with Gasteiger partial charge in [-0.3, -0.25) is 14.8 Å². The zero-order chi connectivity index (χ0) is 14.8. The van der Waals surface area contributed by atoms with Gasteiger partial charge in [0.05, 0.1) is 10.6 Å². The summed E-state index contributed by atoms with van der Waals surface area (Å²) in [7, 11) is -3.67. The van der Waals surface area contributed by atoms with Crippen LogP contribution in [0.4, 0.5) is 11.4 Å². The maximum Gasteiger partial charge on any atom is 0.301 e. The summed E-state index contributed by atoms with van der Waals surface area (Å²) in [5, 5.41) is 13.9. The number of hydrogen-bond acceptors (Lipinski definition) is 5. The lowest BCUT2D eigenvalue weighted by Gasteiger charge is -2.26. The third-order valence-electron chi connectivity index (χ3n) is 3.07. The fourth-order valence-corrected chi connectivity index (χ4v) is 3.18. The van der Waals surface area contributed by atoms with Gasteiger partial charge in [0, 0.05) is 37.8 Å². The Hall–Kier alpha value is -1.71. The molecule has 2 N–H and O–H groups in total. The van der Waals surface area contributed by atoms with Crippen LogP contribution in [0.25, 0.3) is 0 Å². The average Bonchev–Trinajstić information content (AvgIpc) is 2.41. The lowest BCUT2D eigenvalue weighted by molar-refractivity contribution is -0.385. The number of rotatable bonds is 4. The number of anilines is 1. The molecule has 8 nitrogen and oxygen atoms in total. The van der Waals surface area contributed by atoms with Gasteiger partial charge in [-0.05, 0) is 13.0 Å². The third kappa shape index (κ3) is 3.24. The molecule has 0 aromatic heterocycles. The Labute approximate surface area is 117 Å². The van der Waals surface area contributed by atoms with Gasteiger partial charge in [0.2, 0.25) is 0 Å². The Morgan fingerprint density at radius 2 is 2.00 bits per heavy atom. The molecule has 0 saturated carbocycles. The molecular weight excluding hydrogens is 284 g/mol. The maximum atomic E-state index is 12.1. The van der Waals surface area contributed by atoms with Gasteiger partial charge >= 0.3 is 10.2 Å². The summed E-state index contributed by atoms with van der Waals surface area (Å²) < 4.78 is 28.0. The predicted octanol–water partition coefficient (Wildman–Crippen LogP) is 0.465. The number of benzene rings is 1. The van der Waals surface area contributed by atoms with E-state index in [-0.39, 0.29) is 11.4 Å². The molecule has 0 radical (unpaired) electrons. The summed E-state index contributed by atoms with van der Waals surface area (Å²) in [5.74, 6) is 0. The van der Waals surface area contributed by atoms with Crippen LogP contribution in [-0.2, 0) is 10.2 Å². The van der Waals surface area contributed by atoms with Gasteiger partial charge in [-0.15, -0.1) is 0 Å². The quantitative estimate of drug-likeness (QED) is 0.621. The topological polar surface area (TPSA) is 105 Å². The van der Waals surface area contributed by atoms with Crippen molar-refractivity contribution in [2.24, 2.45) is 0 Å². The zero-order valence-corrected chi connectivity index (χ0v) is 11.8. The van der Waals surface area contributed by atoms with E-state index in [2.05, 4.69) is 10.0 Å². The van der Waals surface area contributed by atoms with Gasteiger partial charge < -0.3 is 5.32 Å². The molecule has 1 fully saturated rings. The minimum atomic E-state index is -3.67. The SMILES string of the molecule is Cc1ccc(NS(=O)(=O)N2CCNCC2)cc1[N+](=O)[O-]. The van der Waals surface area contributed by atoms with E-state index in [0.717, 1.165) is 0 Å². The molecule has 1 aromatic carbocycles. The number of nitro benzene ring substituents is 1. The molecule has 1 aliphatic rings. The summed E-state index contributed by atoms with van der Waals surface area (Å²) >= 11 is 0. The molecular formula is C11H16N4O4S. The van der Waals surface area contributed by atoms with Crippen molar-refractivity contribution in [2.45, 2.75) is 6.92 Å². The molecule has 0 aliphatic carbocycles. The Bertz CT molecular complexity index is 611. The van der Waals surface area contributed by atoms with Crippen molar-refractivity contribution in [2.75, 3.05) is 30.9 Å². The first-order chi connectivity index (χ1) is 9.40. The van der Waals surface area contributed by atoms with Gasteiger partial charge in [0.1, 0.15) is 0 Å². The van der Waals surface area contributed by atoms with Crippen LogP contribution in [0.1, 0.15) is 5.56 Å². The van der Waals surface area contributed by atoms with Crippen molar-refractivity contribution in [3.05, 3.63) is 33.9 Å². The normalized spacial score (nSPS) is 16.9. The predicted molar refractivity (Wildman–Crippen MR) is 74.8 cm³/mol. The van der Waals surface area contributed by atoms with Gasteiger partial charge in [-0.1, -0.05) is 6.07 Å². The Morgan fingerprint density at radius 3 is 2.60 bits per heavy atom. The van der Waals surface area contributed by atoms with Gasteiger partial charge in [0.25, 0.3) is 5.69 Å². The fraction of sp³-hybridized carbons (Fsp3) is 0.455. The standard InChI is InChI=1S/C11H16N4O4S/c1-9-2-3-10(8-11(9)15(16)17)13-20(18,19)14-6-4-12-5-7-14/h2-3,8,12-13H,4-7H2,1H3. The van der Waals surface area contributed by atoms with Crippen molar-refractivity contribution in [3.63, 3.8) is 0 Å². The number of aryl methyl sites for hydroxylation is 1. The van der Waals surface area contributed by atoms with E-state index >= 15 is 0 Å². The van der Waals surface area contributed by atoms with E-state index in [1.54, 1.807) is 6.92 Å². The maximum absolute atomic E-state index is 12.1. The molecule has 1 heterocycles. The van der Waals surface area contributed by atoms with Gasteiger partial charge in [-0.25, -0.2) is 0 Å². The molecule has 0 unspecified atom stereocenters. The molecule has 0 atom stereocenters. The number of nitro groups is 1. The highest BCUT2D eigenvalue weighted by Crippen LogP contribution is 2.23. The second kappa shape index (κ2) is 5.73. The third-order valence-corrected chi connectivity index (χ3v) is 4.61. The molecule has 1 aromatic rings. The van der Waals surface area contributed by atoms with Crippen molar-refractivity contribution in [1.82, 2.24) is 9.62 Å². The highest BCUT2D eigenvalue weighted by molar-refractivity contribution is 7.90. The second-order valence-corrected chi connectivity index (χ2v) is 6.19. The fourth-order valence-electron chi connectivity index (χ4n) is 1.97. The highest BCUT2D eigenvalue weighted by atomic mass is 32.2. The van der Waals surface area contributed by atoms with Crippen LogP contribution >= 0.6 is 0 Å². The van der Waals surface area contributed by atoms with Crippen LogP contribution in [0.2, 0.25) is 0 Å². The minimum absolute atomic E-state index is 0.106. The molecule has 1 aliphatic heterocycles. The van der Waals surface area contributed by atoms with Crippen LogP contribution in [0.5, 0.6) is 0 Å². The largest absolute Gasteiger partial charge is 0.314 e. The Morgan fingerprint density at radius 1 is 1.35 bits per heavy atom. The number of hydrogen-bond donors (Lipinski definition) is 2. The number of nitrogens with one attached hydrogen (secondary N) is 2. The van der Waals surface area contributed by atoms with Crippen LogP contribution < -0.4 is 10.0 Å². The van der Waals surface area contributed by atoms with Gasteiger partial charge in [0.15, 0.2) is 0 Å². The van der Waals surface area contributed by atoms with Crippen molar-refractivity contribution >= 4 is 21.6 Å². The van der Waals surface area contributed by atoms with E-state index < -0.39 is 15.1 Å². The van der Waals surface area contributed by atoms with Crippen LogP contribution in [0, 0.1) is 17.0 Å². The molecule has 1 saturated heterocycles. The summed E-state index contributed by atoms with van der Waals surface area (Å²) in [5.41, 5.74) is 0.575. The minimum Gasteiger partial charge on any atom is -0.314 e. The zero-order valence-electron chi connectivity index (χ0n) is 11.0. The van der Waals surface area contributed by atoms with Crippen LogP contribution in [0.15, 0.2) is 18.2 Å². The van der Waals surface area contributed by atoms with Crippen molar-refractivity contribution in [3.8, 4) is 0 Å². The molecule has 0 bridgehead atoms. The first-order valence-corrected chi connectivity index (χ1v) is 7.58. The number of piperazine rings is 1.